The minimum absolute atomic E-state index is 0.107. The molecule has 7 nitrogen and oxygen atoms in total. The van der Waals surface area contributed by atoms with Gasteiger partial charge in [-0.15, -0.1) is 0 Å². The molecular formula is C29H33N5O2. The molecule has 0 spiro atoms. The van der Waals surface area contributed by atoms with Crippen LogP contribution in [0.25, 0.3) is 10.9 Å². The Morgan fingerprint density at radius 1 is 1.11 bits per heavy atom. The molecule has 2 aromatic carbocycles. The number of para-hydroxylation sites is 1. The van der Waals surface area contributed by atoms with E-state index in [2.05, 4.69) is 79.3 Å². The molecule has 0 bridgehead atoms. The van der Waals surface area contributed by atoms with Crippen molar-refractivity contribution in [2.45, 2.75) is 56.4 Å². The van der Waals surface area contributed by atoms with Crippen LogP contribution in [0, 0.1) is 0 Å². The zero-order valence-electron chi connectivity index (χ0n) is 20.6. The molecule has 2 aromatic heterocycles. The monoisotopic (exact) mass is 483 g/mol. The number of aromatic amines is 1. The van der Waals surface area contributed by atoms with Crippen molar-refractivity contribution in [3.05, 3.63) is 90.1 Å². The Balaban J connectivity index is 1.34. The van der Waals surface area contributed by atoms with E-state index in [1.165, 1.54) is 29.3 Å². The van der Waals surface area contributed by atoms with Crippen LogP contribution in [0.2, 0.25) is 0 Å². The number of esters is 1. The predicted octanol–water partition coefficient (Wildman–Crippen LogP) is 4.39. The molecule has 0 radical (unpaired) electrons. The molecule has 4 aromatic rings. The van der Waals surface area contributed by atoms with Crippen molar-refractivity contribution in [1.82, 2.24) is 24.8 Å². The number of ether oxygens (including phenoxy) is 1. The number of H-pyrrole nitrogens is 1. The molecule has 0 unspecified atom stereocenters. The summed E-state index contributed by atoms with van der Waals surface area (Å²) in [6.45, 7) is 1.89. The van der Waals surface area contributed by atoms with Crippen LogP contribution in [-0.2, 0) is 22.5 Å². The van der Waals surface area contributed by atoms with Gasteiger partial charge in [-0.25, -0.2) is 4.98 Å². The van der Waals surface area contributed by atoms with Gasteiger partial charge in [0.1, 0.15) is 6.04 Å². The molecule has 36 heavy (non-hydrogen) atoms. The number of aryl methyl sites for hydroxylation is 1. The average Bonchev–Trinajstić information content (AvgIpc) is 3.58. The highest BCUT2D eigenvalue weighted by molar-refractivity contribution is 5.87. The van der Waals surface area contributed by atoms with Crippen molar-refractivity contribution in [2.24, 2.45) is 0 Å². The molecule has 186 valence electrons. The highest BCUT2D eigenvalue weighted by Gasteiger charge is 2.48. The number of nitrogens with zero attached hydrogens (tertiary/aromatic N) is 3. The van der Waals surface area contributed by atoms with Crippen LogP contribution >= 0.6 is 0 Å². The fraction of sp³-hybridized carbons (Fsp3) is 0.379. The number of nitrogens with one attached hydrogen (secondary N) is 2. The summed E-state index contributed by atoms with van der Waals surface area (Å²) >= 11 is 0. The molecule has 1 fully saturated rings. The number of aromatic nitrogens is 3. The highest BCUT2D eigenvalue weighted by atomic mass is 16.5. The minimum atomic E-state index is -0.306. The Bertz CT molecular complexity index is 1320. The van der Waals surface area contributed by atoms with Gasteiger partial charge < -0.3 is 19.6 Å². The lowest BCUT2D eigenvalue weighted by atomic mass is 9.79. The van der Waals surface area contributed by atoms with Crippen LogP contribution in [0.15, 0.2) is 73.3 Å². The zero-order chi connectivity index (χ0) is 24.5. The number of hydrogen-bond donors (Lipinski definition) is 2. The highest BCUT2D eigenvalue weighted by Crippen LogP contribution is 2.48. The number of rotatable bonds is 7. The first-order valence-electron chi connectivity index (χ1n) is 12.9. The summed E-state index contributed by atoms with van der Waals surface area (Å²) in [6.07, 6.45) is 9.31. The summed E-state index contributed by atoms with van der Waals surface area (Å²) in [6, 6.07) is 19.3. The Morgan fingerprint density at radius 3 is 2.72 bits per heavy atom. The fourth-order valence-electron chi connectivity index (χ4n) is 6.30. The second-order valence-electron chi connectivity index (χ2n) is 9.97. The standard InChI is InChI=1S/C29H33N5O2/c1-36-29(35)27-18-23-22-10-5-6-11-24(22)32-28(23)26-17-21(31-12-7-14-33-15-13-30-19-33)16-25(34(26)27)20-8-3-2-4-9-20/h2-6,8-11,13,15,19,21,25-27,31-32H,7,12,14,16-18H2,1H3/t21-,25-,26+,27-/m0/s1. The molecule has 0 amide bonds. The molecule has 4 heterocycles. The Labute approximate surface area is 211 Å². The van der Waals surface area contributed by atoms with E-state index in [0.717, 1.165) is 37.9 Å². The van der Waals surface area contributed by atoms with Crippen LogP contribution in [0.3, 0.4) is 0 Å². The molecule has 2 N–H and O–H groups in total. The summed E-state index contributed by atoms with van der Waals surface area (Å²) < 4.78 is 7.48. The van der Waals surface area contributed by atoms with E-state index in [1.807, 2.05) is 18.7 Å². The maximum absolute atomic E-state index is 13.2. The van der Waals surface area contributed by atoms with Crippen molar-refractivity contribution in [3.63, 3.8) is 0 Å². The van der Waals surface area contributed by atoms with Gasteiger partial charge in [-0.3, -0.25) is 9.69 Å². The quantitative estimate of drug-likeness (QED) is 0.301. The Hall–Kier alpha value is -3.42. The third-order valence-electron chi connectivity index (χ3n) is 7.92. The summed E-state index contributed by atoms with van der Waals surface area (Å²) in [5, 5.41) is 5.06. The van der Waals surface area contributed by atoms with E-state index in [-0.39, 0.29) is 24.1 Å². The van der Waals surface area contributed by atoms with E-state index >= 15 is 0 Å². The van der Waals surface area contributed by atoms with Gasteiger partial charge in [0.15, 0.2) is 0 Å². The first kappa shape index (κ1) is 23.0. The summed E-state index contributed by atoms with van der Waals surface area (Å²) in [4.78, 5) is 23.5. The van der Waals surface area contributed by atoms with Gasteiger partial charge in [0.25, 0.3) is 0 Å². The molecule has 0 saturated carbocycles. The second kappa shape index (κ2) is 9.91. The largest absolute Gasteiger partial charge is 0.468 e. The number of hydrogen-bond acceptors (Lipinski definition) is 5. The average molecular weight is 484 g/mol. The normalized spacial score (nSPS) is 23.8. The van der Waals surface area contributed by atoms with Gasteiger partial charge in [0.05, 0.1) is 19.5 Å². The van der Waals surface area contributed by atoms with Crippen molar-refractivity contribution >= 4 is 16.9 Å². The SMILES string of the molecule is COC(=O)[C@@H]1Cc2c([nH]c3ccccc23)[C@H]2C[C@@H](NCCCn3ccnc3)C[C@@H](c3ccccc3)N21. The lowest BCUT2D eigenvalue weighted by Gasteiger charge is -2.50. The van der Waals surface area contributed by atoms with Gasteiger partial charge in [-0.1, -0.05) is 48.5 Å². The van der Waals surface area contributed by atoms with Crippen molar-refractivity contribution in [2.75, 3.05) is 13.7 Å². The molecule has 7 heteroatoms. The topological polar surface area (TPSA) is 75.2 Å². The number of piperidine rings is 1. The van der Waals surface area contributed by atoms with E-state index in [1.54, 1.807) is 0 Å². The lowest BCUT2D eigenvalue weighted by Crippen LogP contribution is -2.55. The molecule has 1 saturated heterocycles. The first-order chi connectivity index (χ1) is 17.7. The maximum atomic E-state index is 13.2. The van der Waals surface area contributed by atoms with Gasteiger partial charge in [-0.05, 0) is 43.0 Å². The summed E-state index contributed by atoms with van der Waals surface area (Å²) in [5.74, 6) is -0.149. The Kier molecular flexibility index (Phi) is 6.34. The molecular weight excluding hydrogens is 450 g/mol. The number of carbonyl (C=O) groups excluding carboxylic acids is 1. The smallest absolute Gasteiger partial charge is 0.323 e. The van der Waals surface area contributed by atoms with E-state index < -0.39 is 0 Å². The number of imidazole rings is 1. The molecule has 2 aliphatic heterocycles. The molecule has 4 atom stereocenters. The predicted molar refractivity (Wildman–Crippen MR) is 139 cm³/mol. The zero-order valence-corrected chi connectivity index (χ0v) is 20.6. The number of benzene rings is 2. The van der Waals surface area contributed by atoms with Crippen molar-refractivity contribution in [3.8, 4) is 0 Å². The maximum Gasteiger partial charge on any atom is 0.323 e. The number of fused-ring (bicyclic) bond motifs is 5. The van der Waals surface area contributed by atoms with Gasteiger partial charge >= 0.3 is 5.97 Å². The van der Waals surface area contributed by atoms with Crippen LogP contribution in [0.1, 0.15) is 48.2 Å². The minimum Gasteiger partial charge on any atom is -0.468 e. The fourth-order valence-corrected chi connectivity index (χ4v) is 6.30. The number of methoxy groups -OCH3 is 1. The van der Waals surface area contributed by atoms with Crippen LogP contribution < -0.4 is 5.32 Å². The number of carbonyl (C=O) groups is 1. The molecule has 2 aliphatic rings. The van der Waals surface area contributed by atoms with Crippen LogP contribution in [-0.4, -0.2) is 51.1 Å². The van der Waals surface area contributed by atoms with Gasteiger partial charge in [0, 0.05) is 54.0 Å². The lowest BCUT2D eigenvalue weighted by molar-refractivity contribution is -0.152. The van der Waals surface area contributed by atoms with Crippen LogP contribution in [0.4, 0.5) is 0 Å². The van der Waals surface area contributed by atoms with Crippen molar-refractivity contribution < 1.29 is 9.53 Å². The summed E-state index contributed by atoms with van der Waals surface area (Å²) in [7, 11) is 1.51. The van der Waals surface area contributed by atoms with E-state index in [4.69, 9.17) is 4.74 Å². The summed E-state index contributed by atoms with van der Waals surface area (Å²) in [5.41, 5.74) is 4.90. The van der Waals surface area contributed by atoms with Gasteiger partial charge in [-0.2, -0.15) is 0 Å². The second-order valence-corrected chi connectivity index (χ2v) is 9.97. The third-order valence-corrected chi connectivity index (χ3v) is 7.92. The first-order valence-corrected chi connectivity index (χ1v) is 12.9. The van der Waals surface area contributed by atoms with Crippen LogP contribution in [0.5, 0.6) is 0 Å². The Morgan fingerprint density at radius 2 is 1.92 bits per heavy atom. The van der Waals surface area contributed by atoms with Gasteiger partial charge in [0.2, 0.25) is 0 Å². The molecule has 6 rings (SSSR count). The molecule has 0 aliphatic carbocycles. The van der Waals surface area contributed by atoms with E-state index in [9.17, 15) is 4.79 Å². The third kappa shape index (κ3) is 4.22. The van der Waals surface area contributed by atoms with E-state index in [0.29, 0.717) is 12.5 Å². The van der Waals surface area contributed by atoms with Crippen molar-refractivity contribution in [1.29, 1.82) is 0 Å².